The normalized spacial score (nSPS) is 17.1. The standard InChI is InChI=1S/C30H47N3O6/c1-4-23(29(37)31-19-20(2)3)17-26(34)24(15-21-11-7-5-8-12-21)32-28(36)18-25(30(38)39)33-27(35)16-22-13-9-6-10-14-22/h5,7-8,11-12,20,22-26,34H,4,6,9-10,13-19H2,1-3H3,(H,31,37)(H,32,36)(H,33,35)(H,38,39)/t23-,24+,25?,26+/m1/s1. The van der Waals surface area contributed by atoms with Crippen LogP contribution in [0.15, 0.2) is 30.3 Å². The van der Waals surface area contributed by atoms with Crippen molar-refractivity contribution in [3.63, 3.8) is 0 Å². The highest BCUT2D eigenvalue weighted by Gasteiger charge is 2.30. The summed E-state index contributed by atoms with van der Waals surface area (Å²) in [6.07, 6.45) is 4.99. The number of carboxylic acids is 1. The lowest BCUT2D eigenvalue weighted by Crippen LogP contribution is -2.50. The number of carbonyl (C=O) groups is 4. The summed E-state index contributed by atoms with van der Waals surface area (Å²) in [7, 11) is 0. The maximum Gasteiger partial charge on any atom is 0.326 e. The minimum Gasteiger partial charge on any atom is -0.480 e. The van der Waals surface area contributed by atoms with Crippen molar-refractivity contribution in [2.24, 2.45) is 17.8 Å². The smallest absolute Gasteiger partial charge is 0.326 e. The molecule has 1 saturated carbocycles. The predicted octanol–water partition coefficient (Wildman–Crippen LogP) is 3.19. The van der Waals surface area contributed by atoms with Crippen molar-refractivity contribution in [3.8, 4) is 0 Å². The molecule has 0 heterocycles. The number of rotatable bonds is 16. The molecule has 39 heavy (non-hydrogen) atoms. The van der Waals surface area contributed by atoms with Crippen molar-refractivity contribution in [1.29, 1.82) is 0 Å². The average Bonchev–Trinajstić information content (AvgIpc) is 2.90. The molecule has 1 fully saturated rings. The van der Waals surface area contributed by atoms with Crippen molar-refractivity contribution in [1.82, 2.24) is 16.0 Å². The Morgan fingerprint density at radius 2 is 1.64 bits per heavy atom. The molecular formula is C30H47N3O6. The number of aliphatic hydroxyl groups is 1. The summed E-state index contributed by atoms with van der Waals surface area (Å²) in [5.41, 5.74) is 0.884. The Kier molecular flexibility index (Phi) is 14.0. The first-order chi connectivity index (χ1) is 18.6. The van der Waals surface area contributed by atoms with Gasteiger partial charge in [0.25, 0.3) is 0 Å². The van der Waals surface area contributed by atoms with Gasteiger partial charge in [0.2, 0.25) is 17.7 Å². The minimum absolute atomic E-state index is 0.137. The fourth-order valence-corrected chi connectivity index (χ4v) is 5.07. The van der Waals surface area contributed by atoms with Crippen molar-refractivity contribution >= 4 is 23.7 Å². The van der Waals surface area contributed by atoms with Crippen molar-refractivity contribution in [2.75, 3.05) is 6.54 Å². The molecule has 1 aliphatic carbocycles. The number of amides is 3. The van der Waals surface area contributed by atoms with E-state index in [9.17, 15) is 29.4 Å². The van der Waals surface area contributed by atoms with Gasteiger partial charge in [-0.05, 0) is 49.5 Å². The maximum absolute atomic E-state index is 13.0. The molecule has 0 bridgehead atoms. The zero-order chi connectivity index (χ0) is 28.8. The molecule has 0 aliphatic heterocycles. The Balaban J connectivity index is 2.05. The first kappa shape index (κ1) is 32.3. The van der Waals surface area contributed by atoms with Gasteiger partial charge in [-0.2, -0.15) is 0 Å². The zero-order valence-electron chi connectivity index (χ0n) is 23.7. The Hall–Kier alpha value is -2.94. The molecule has 9 nitrogen and oxygen atoms in total. The highest BCUT2D eigenvalue weighted by Crippen LogP contribution is 2.26. The maximum atomic E-state index is 13.0. The molecule has 5 N–H and O–H groups in total. The molecule has 3 amide bonds. The van der Waals surface area contributed by atoms with Crippen LogP contribution < -0.4 is 16.0 Å². The van der Waals surface area contributed by atoms with Crippen LogP contribution in [0.3, 0.4) is 0 Å². The van der Waals surface area contributed by atoms with Gasteiger partial charge in [-0.25, -0.2) is 4.79 Å². The number of benzene rings is 1. The Labute approximate surface area is 232 Å². The van der Waals surface area contributed by atoms with Crippen molar-refractivity contribution < 1.29 is 29.4 Å². The summed E-state index contributed by atoms with van der Waals surface area (Å²) in [5, 5.41) is 29.0. The summed E-state index contributed by atoms with van der Waals surface area (Å²) in [4.78, 5) is 50.0. The molecule has 0 radical (unpaired) electrons. The van der Waals surface area contributed by atoms with Gasteiger partial charge in [-0.15, -0.1) is 0 Å². The van der Waals surface area contributed by atoms with Crippen LogP contribution in [0.25, 0.3) is 0 Å². The molecule has 0 saturated heterocycles. The molecule has 0 aromatic heterocycles. The van der Waals surface area contributed by atoms with E-state index in [4.69, 9.17) is 0 Å². The summed E-state index contributed by atoms with van der Waals surface area (Å²) >= 11 is 0. The lowest BCUT2D eigenvalue weighted by atomic mass is 9.87. The Morgan fingerprint density at radius 3 is 2.23 bits per heavy atom. The molecule has 1 aliphatic rings. The van der Waals surface area contributed by atoms with E-state index in [1.807, 2.05) is 51.1 Å². The quantitative estimate of drug-likeness (QED) is 0.216. The van der Waals surface area contributed by atoms with E-state index in [1.165, 1.54) is 0 Å². The lowest BCUT2D eigenvalue weighted by molar-refractivity contribution is -0.144. The Bertz CT molecular complexity index is 917. The summed E-state index contributed by atoms with van der Waals surface area (Å²) in [5.74, 6) is -2.25. The van der Waals surface area contributed by atoms with Crippen molar-refractivity contribution in [3.05, 3.63) is 35.9 Å². The largest absolute Gasteiger partial charge is 0.480 e. The third-order valence-corrected chi connectivity index (χ3v) is 7.41. The van der Waals surface area contributed by atoms with Gasteiger partial charge in [0.1, 0.15) is 6.04 Å². The highest BCUT2D eigenvalue weighted by molar-refractivity contribution is 5.88. The van der Waals surface area contributed by atoms with E-state index >= 15 is 0 Å². The molecule has 4 atom stereocenters. The van der Waals surface area contributed by atoms with Crippen LogP contribution in [0.1, 0.15) is 84.1 Å². The fraction of sp³-hybridized carbons (Fsp3) is 0.667. The van der Waals surface area contributed by atoms with Gasteiger partial charge >= 0.3 is 5.97 Å². The number of hydrogen-bond acceptors (Lipinski definition) is 5. The van der Waals surface area contributed by atoms with Gasteiger partial charge in [0.05, 0.1) is 18.6 Å². The molecule has 0 spiro atoms. The molecular weight excluding hydrogens is 498 g/mol. The van der Waals surface area contributed by atoms with E-state index in [0.29, 0.717) is 25.3 Å². The number of carboxylic acid groups (broad SMARTS) is 1. The first-order valence-corrected chi connectivity index (χ1v) is 14.4. The predicted molar refractivity (Wildman–Crippen MR) is 150 cm³/mol. The minimum atomic E-state index is -1.36. The number of aliphatic carboxylic acids is 1. The second kappa shape index (κ2) is 16.9. The van der Waals surface area contributed by atoms with E-state index < -0.39 is 42.4 Å². The van der Waals surface area contributed by atoms with Crippen LogP contribution in [0.4, 0.5) is 0 Å². The highest BCUT2D eigenvalue weighted by atomic mass is 16.4. The third-order valence-electron chi connectivity index (χ3n) is 7.41. The second-order valence-electron chi connectivity index (χ2n) is 11.3. The second-order valence-corrected chi connectivity index (χ2v) is 11.3. The summed E-state index contributed by atoms with van der Waals surface area (Å²) < 4.78 is 0. The number of hydrogen-bond donors (Lipinski definition) is 5. The zero-order valence-corrected chi connectivity index (χ0v) is 23.7. The molecule has 1 aromatic rings. The molecule has 1 aromatic carbocycles. The van der Waals surface area contributed by atoms with Crippen LogP contribution in [0.5, 0.6) is 0 Å². The van der Waals surface area contributed by atoms with Crippen molar-refractivity contribution in [2.45, 2.75) is 103 Å². The molecule has 2 rings (SSSR count). The van der Waals surface area contributed by atoms with Crippen LogP contribution in [0.2, 0.25) is 0 Å². The van der Waals surface area contributed by atoms with Crippen LogP contribution in [-0.2, 0) is 25.6 Å². The van der Waals surface area contributed by atoms with E-state index in [-0.39, 0.29) is 30.6 Å². The van der Waals surface area contributed by atoms with E-state index in [1.54, 1.807) is 0 Å². The van der Waals surface area contributed by atoms with E-state index in [0.717, 1.165) is 37.7 Å². The van der Waals surface area contributed by atoms with Gasteiger partial charge < -0.3 is 26.2 Å². The summed E-state index contributed by atoms with van der Waals surface area (Å²) in [6.45, 7) is 6.43. The summed E-state index contributed by atoms with van der Waals surface area (Å²) in [6, 6.07) is 7.25. The monoisotopic (exact) mass is 545 g/mol. The third kappa shape index (κ3) is 12.2. The van der Waals surface area contributed by atoms with Gasteiger partial charge in [-0.3, -0.25) is 14.4 Å². The van der Waals surface area contributed by atoms with Crippen LogP contribution >= 0.6 is 0 Å². The van der Waals surface area contributed by atoms with Gasteiger partial charge in [0.15, 0.2) is 0 Å². The number of carbonyl (C=O) groups excluding carboxylic acids is 3. The topological polar surface area (TPSA) is 145 Å². The van der Waals surface area contributed by atoms with Gasteiger partial charge in [0, 0.05) is 18.9 Å². The molecule has 9 heteroatoms. The van der Waals surface area contributed by atoms with Gasteiger partial charge in [-0.1, -0.05) is 70.4 Å². The molecule has 218 valence electrons. The lowest BCUT2D eigenvalue weighted by Gasteiger charge is -2.28. The SMILES string of the molecule is CC[C@H](C[C@H](O)[C@H](Cc1ccccc1)NC(=O)CC(NC(=O)CC1CCCCC1)C(=O)O)C(=O)NCC(C)C. The number of aliphatic hydroxyl groups excluding tert-OH is 1. The van der Waals surface area contributed by atoms with E-state index in [2.05, 4.69) is 16.0 Å². The average molecular weight is 546 g/mol. The fourth-order valence-electron chi connectivity index (χ4n) is 5.07. The number of nitrogens with one attached hydrogen (secondary N) is 3. The van der Waals surface area contributed by atoms with Crippen LogP contribution in [0, 0.1) is 17.8 Å². The first-order valence-electron chi connectivity index (χ1n) is 14.4. The Morgan fingerprint density at radius 1 is 0.974 bits per heavy atom. The van der Waals surface area contributed by atoms with Crippen LogP contribution in [-0.4, -0.2) is 58.6 Å². The molecule has 1 unspecified atom stereocenters.